The van der Waals surface area contributed by atoms with Gasteiger partial charge in [0.15, 0.2) is 0 Å². The number of carboxylic acid groups (broad SMARTS) is 2. The Balaban J connectivity index is 0.000000251. The Morgan fingerprint density at radius 2 is 0.902 bits per heavy atom. The fraction of sp³-hybridized carbons (Fsp3) is 0. The van der Waals surface area contributed by atoms with Crippen molar-refractivity contribution in [2.45, 2.75) is 0 Å². The molecular formula is C32H25ClO8. The summed E-state index contributed by atoms with van der Waals surface area (Å²) in [4.78, 5) is 41.9. The van der Waals surface area contributed by atoms with Gasteiger partial charge >= 0.3 is 17.9 Å². The largest absolute Gasteiger partial charge is 0.508 e. The molecule has 0 bridgehead atoms. The van der Waals surface area contributed by atoms with E-state index in [-0.39, 0.29) is 16.9 Å². The van der Waals surface area contributed by atoms with E-state index < -0.39 is 23.2 Å². The Morgan fingerprint density at radius 3 is 1.20 bits per heavy atom. The molecule has 9 heteroatoms. The van der Waals surface area contributed by atoms with Crippen LogP contribution < -0.4 is 4.74 Å². The topological polar surface area (TPSA) is 138 Å². The predicted molar refractivity (Wildman–Crippen MR) is 156 cm³/mol. The van der Waals surface area contributed by atoms with Gasteiger partial charge in [-0.3, -0.25) is 4.79 Å². The molecule has 3 N–H and O–H groups in total. The van der Waals surface area contributed by atoms with Crippen molar-refractivity contribution >= 4 is 34.8 Å². The number of hydrogen-bond donors (Lipinski definition) is 3. The molecule has 208 valence electrons. The lowest BCUT2D eigenvalue weighted by atomic mass is 10.0. The van der Waals surface area contributed by atoms with Gasteiger partial charge in [-0.1, -0.05) is 61.7 Å². The standard InChI is InChI=1S/C16H12O4.C13H10O3.C3H3ClO/c1-2-15(17)20-14-9-7-12(8-10-14)11-3-5-13(6-4-11)16(18)19;14-12-7-5-10(6-8-12)9-1-3-11(4-2-9)13(15)16;1-2-3(4)5/h2-10H,1H2,(H,18,19);1-8,14H,(H,15,16);2H,1H2. The van der Waals surface area contributed by atoms with Crippen molar-refractivity contribution in [1.29, 1.82) is 0 Å². The second-order valence-corrected chi connectivity index (χ2v) is 8.34. The van der Waals surface area contributed by atoms with E-state index >= 15 is 0 Å². The zero-order chi connectivity index (χ0) is 30.4. The number of hydrogen-bond acceptors (Lipinski definition) is 6. The molecule has 0 aliphatic rings. The second-order valence-electron chi connectivity index (χ2n) is 7.97. The Kier molecular flexibility index (Phi) is 12.3. The number of benzene rings is 4. The van der Waals surface area contributed by atoms with E-state index in [0.29, 0.717) is 5.75 Å². The zero-order valence-electron chi connectivity index (χ0n) is 21.6. The SMILES string of the molecule is C=CC(=O)Cl.C=CC(=O)Oc1ccc(-c2ccc(C(=O)O)cc2)cc1.O=C(O)c1ccc(-c2ccc(O)cc2)cc1. The van der Waals surface area contributed by atoms with E-state index in [4.69, 9.17) is 31.7 Å². The van der Waals surface area contributed by atoms with Gasteiger partial charge in [0.1, 0.15) is 11.5 Å². The number of ether oxygens (including phenoxy) is 1. The molecule has 0 spiro atoms. The number of halogens is 1. The summed E-state index contributed by atoms with van der Waals surface area (Å²) in [5, 5.41) is 26.2. The number of esters is 1. The molecule has 0 aromatic heterocycles. The number of carbonyl (C=O) groups is 4. The molecule has 0 aliphatic heterocycles. The lowest BCUT2D eigenvalue weighted by Gasteiger charge is -2.05. The predicted octanol–water partition coefficient (Wildman–Crippen LogP) is 6.84. The number of aromatic carboxylic acids is 2. The molecule has 0 unspecified atom stereocenters. The number of allylic oxidation sites excluding steroid dienone is 1. The van der Waals surface area contributed by atoms with Gasteiger partial charge in [-0.15, -0.1) is 0 Å². The maximum Gasteiger partial charge on any atom is 0.335 e. The van der Waals surface area contributed by atoms with Crippen molar-refractivity contribution in [3.05, 3.63) is 133 Å². The summed E-state index contributed by atoms with van der Waals surface area (Å²) in [7, 11) is 0. The fourth-order valence-corrected chi connectivity index (χ4v) is 3.14. The number of carboxylic acids is 2. The van der Waals surface area contributed by atoms with Crippen molar-refractivity contribution in [2.75, 3.05) is 0 Å². The fourth-order valence-electron chi connectivity index (χ4n) is 3.14. The van der Waals surface area contributed by atoms with E-state index in [9.17, 15) is 19.2 Å². The third-order valence-electron chi connectivity index (χ3n) is 5.20. The highest BCUT2D eigenvalue weighted by Crippen LogP contribution is 2.23. The second kappa shape index (κ2) is 15.8. The van der Waals surface area contributed by atoms with Crippen LogP contribution in [0.4, 0.5) is 0 Å². The molecule has 0 fully saturated rings. The average Bonchev–Trinajstić information content (AvgIpc) is 2.98. The van der Waals surface area contributed by atoms with E-state index in [1.807, 2.05) is 0 Å². The first-order valence-electron chi connectivity index (χ1n) is 11.8. The highest BCUT2D eigenvalue weighted by Gasteiger charge is 2.05. The molecule has 0 atom stereocenters. The Morgan fingerprint density at radius 1 is 0.585 bits per heavy atom. The minimum atomic E-state index is -0.955. The maximum atomic E-state index is 11.0. The summed E-state index contributed by atoms with van der Waals surface area (Å²) in [5.41, 5.74) is 4.16. The molecule has 4 rings (SSSR count). The van der Waals surface area contributed by atoms with Crippen LogP contribution in [0.5, 0.6) is 11.5 Å². The molecule has 41 heavy (non-hydrogen) atoms. The maximum absolute atomic E-state index is 11.0. The van der Waals surface area contributed by atoms with Gasteiger partial charge in [0, 0.05) is 6.08 Å². The number of rotatable bonds is 7. The molecule has 0 amide bonds. The highest BCUT2D eigenvalue weighted by molar-refractivity contribution is 6.66. The Labute approximate surface area is 241 Å². The van der Waals surface area contributed by atoms with E-state index in [2.05, 4.69) is 13.2 Å². The van der Waals surface area contributed by atoms with Crippen LogP contribution in [0.1, 0.15) is 20.7 Å². The minimum Gasteiger partial charge on any atom is -0.508 e. The molecule has 0 aliphatic carbocycles. The minimum absolute atomic E-state index is 0.214. The average molecular weight is 573 g/mol. The number of carbonyl (C=O) groups excluding carboxylic acids is 2. The summed E-state index contributed by atoms with van der Waals surface area (Å²) < 4.78 is 4.97. The monoisotopic (exact) mass is 572 g/mol. The first-order chi connectivity index (χ1) is 19.5. The van der Waals surface area contributed by atoms with Gasteiger partial charge in [-0.25, -0.2) is 14.4 Å². The van der Waals surface area contributed by atoms with E-state index in [1.165, 1.54) is 0 Å². The van der Waals surface area contributed by atoms with Gasteiger partial charge in [0.25, 0.3) is 0 Å². The van der Waals surface area contributed by atoms with Crippen LogP contribution in [0.3, 0.4) is 0 Å². The summed E-state index contributed by atoms with van der Waals surface area (Å²) in [6.45, 7) is 6.40. The van der Waals surface area contributed by atoms with Crippen LogP contribution in [-0.2, 0) is 9.59 Å². The summed E-state index contributed by atoms with van der Waals surface area (Å²) in [6, 6.07) is 26.8. The van der Waals surface area contributed by atoms with Gasteiger partial charge in [-0.05, 0) is 88.5 Å². The molecule has 0 heterocycles. The van der Waals surface area contributed by atoms with Crippen LogP contribution in [-0.4, -0.2) is 38.5 Å². The smallest absolute Gasteiger partial charge is 0.335 e. The molecule has 8 nitrogen and oxygen atoms in total. The summed E-state index contributed by atoms with van der Waals surface area (Å²) >= 11 is 4.71. The van der Waals surface area contributed by atoms with Crippen LogP contribution in [0.15, 0.2) is 122 Å². The Hall–Kier alpha value is -5.47. The van der Waals surface area contributed by atoms with Gasteiger partial charge in [0.2, 0.25) is 5.24 Å². The summed E-state index contributed by atoms with van der Waals surface area (Å²) in [6.07, 6.45) is 2.14. The molecular weight excluding hydrogens is 548 g/mol. The molecule has 0 saturated carbocycles. The number of phenolic OH excluding ortho intramolecular Hbond substituents is 1. The summed E-state index contributed by atoms with van der Waals surface area (Å²) in [5.74, 6) is -1.75. The quantitative estimate of drug-likeness (QED) is 0.0947. The highest BCUT2D eigenvalue weighted by atomic mass is 35.5. The van der Waals surface area contributed by atoms with Crippen LogP contribution >= 0.6 is 11.6 Å². The van der Waals surface area contributed by atoms with E-state index in [1.54, 1.807) is 97.1 Å². The normalized spacial score (nSPS) is 9.49. The zero-order valence-corrected chi connectivity index (χ0v) is 22.3. The van der Waals surface area contributed by atoms with Crippen molar-refractivity contribution < 1.29 is 39.2 Å². The van der Waals surface area contributed by atoms with Gasteiger partial charge in [0.05, 0.1) is 11.1 Å². The van der Waals surface area contributed by atoms with Gasteiger partial charge in [-0.2, -0.15) is 0 Å². The van der Waals surface area contributed by atoms with Crippen molar-refractivity contribution in [3.63, 3.8) is 0 Å². The first kappa shape index (κ1) is 31.7. The third-order valence-corrected chi connectivity index (χ3v) is 5.35. The van der Waals surface area contributed by atoms with E-state index in [0.717, 1.165) is 34.4 Å². The molecule has 0 saturated heterocycles. The van der Waals surface area contributed by atoms with Crippen LogP contribution in [0.25, 0.3) is 22.3 Å². The van der Waals surface area contributed by atoms with Crippen molar-refractivity contribution in [1.82, 2.24) is 0 Å². The number of aromatic hydroxyl groups is 1. The molecule has 4 aromatic carbocycles. The van der Waals surface area contributed by atoms with Gasteiger partial charge < -0.3 is 20.1 Å². The molecule has 4 aromatic rings. The van der Waals surface area contributed by atoms with Crippen molar-refractivity contribution in [3.8, 4) is 33.8 Å². The lowest BCUT2D eigenvalue weighted by Crippen LogP contribution is -2.02. The van der Waals surface area contributed by atoms with Crippen LogP contribution in [0.2, 0.25) is 0 Å². The molecule has 0 radical (unpaired) electrons. The number of phenols is 1. The third kappa shape index (κ3) is 10.7. The lowest BCUT2D eigenvalue weighted by molar-refractivity contribution is -0.129. The van der Waals surface area contributed by atoms with Crippen LogP contribution in [0, 0.1) is 0 Å². The van der Waals surface area contributed by atoms with Crippen molar-refractivity contribution in [2.24, 2.45) is 0 Å². The first-order valence-corrected chi connectivity index (χ1v) is 12.1. The Bertz CT molecular complexity index is 1510.